The van der Waals surface area contributed by atoms with E-state index in [4.69, 9.17) is 30.9 Å². The third-order valence-electron chi connectivity index (χ3n) is 5.21. The molecule has 1 saturated heterocycles. The lowest BCUT2D eigenvalue weighted by Gasteiger charge is -2.29. The highest BCUT2D eigenvalue weighted by Crippen LogP contribution is 2.50. The second kappa shape index (κ2) is 7.26. The lowest BCUT2D eigenvalue weighted by molar-refractivity contribution is -0.140. The minimum atomic E-state index is -1.31. The van der Waals surface area contributed by atoms with E-state index in [1.54, 1.807) is 25.1 Å². The van der Waals surface area contributed by atoms with Crippen LogP contribution in [0.5, 0.6) is 11.5 Å². The van der Waals surface area contributed by atoms with E-state index in [2.05, 4.69) is 0 Å². The third kappa shape index (κ3) is 3.54. The van der Waals surface area contributed by atoms with Crippen LogP contribution >= 0.6 is 11.6 Å². The van der Waals surface area contributed by atoms with Crippen molar-refractivity contribution < 1.29 is 28.5 Å². The van der Waals surface area contributed by atoms with Crippen molar-refractivity contribution in [2.45, 2.75) is 38.1 Å². The van der Waals surface area contributed by atoms with E-state index in [9.17, 15) is 9.18 Å². The van der Waals surface area contributed by atoms with Gasteiger partial charge in [-0.3, -0.25) is 4.79 Å². The molecule has 0 aromatic heterocycles. The molecule has 0 spiro atoms. The summed E-state index contributed by atoms with van der Waals surface area (Å²) in [6.07, 6.45) is 1.32. The number of para-hydroxylation sites is 1. The van der Waals surface area contributed by atoms with Gasteiger partial charge in [0.15, 0.2) is 11.5 Å². The van der Waals surface area contributed by atoms with E-state index in [0.29, 0.717) is 29.5 Å². The summed E-state index contributed by atoms with van der Waals surface area (Å²) in [6.45, 7) is 2.04. The Morgan fingerprint density at radius 2 is 2.11 bits per heavy atom. The van der Waals surface area contributed by atoms with Crippen molar-refractivity contribution in [3.05, 3.63) is 58.4 Å². The first kappa shape index (κ1) is 19.0. The number of hydrogen-bond donors (Lipinski definition) is 1. The maximum atomic E-state index is 14.5. The van der Waals surface area contributed by atoms with Gasteiger partial charge in [0.25, 0.3) is 5.79 Å². The summed E-state index contributed by atoms with van der Waals surface area (Å²) >= 11 is 5.85. The SMILES string of the molecule is CC1(c2ccc(Cl)cc2F)Oc2cccc(C3CCC(CC(=O)O)CO3)c2O1. The number of ether oxygens (including phenoxy) is 3. The van der Waals surface area contributed by atoms with Gasteiger partial charge < -0.3 is 19.3 Å². The van der Waals surface area contributed by atoms with Crippen LogP contribution in [-0.4, -0.2) is 17.7 Å². The standard InChI is InChI=1S/C21H20ClFO5/c1-21(15-7-6-13(22)10-16(15)23)27-18-4-2-3-14(20(18)28-21)17-8-5-12(11-26-17)9-19(24)25/h2-4,6-7,10,12,17H,5,8-9,11H2,1H3,(H,24,25). The molecule has 2 heterocycles. The molecule has 0 radical (unpaired) electrons. The Balaban J connectivity index is 1.57. The lowest BCUT2D eigenvalue weighted by atomic mass is 9.92. The number of carboxylic acid groups (broad SMARTS) is 1. The topological polar surface area (TPSA) is 65.0 Å². The normalized spacial score (nSPS) is 26.2. The summed E-state index contributed by atoms with van der Waals surface area (Å²) in [5.74, 6) is -1.57. The zero-order valence-corrected chi connectivity index (χ0v) is 16.0. The quantitative estimate of drug-likeness (QED) is 0.768. The third-order valence-corrected chi connectivity index (χ3v) is 5.45. The number of hydrogen-bond acceptors (Lipinski definition) is 4. The van der Waals surface area contributed by atoms with E-state index in [0.717, 1.165) is 12.0 Å². The molecule has 7 heteroatoms. The molecule has 0 bridgehead atoms. The van der Waals surface area contributed by atoms with Crippen molar-refractivity contribution in [1.82, 2.24) is 0 Å². The van der Waals surface area contributed by atoms with Gasteiger partial charge in [0.05, 0.1) is 24.7 Å². The fourth-order valence-electron chi connectivity index (χ4n) is 3.83. The maximum absolute atomic E-state index is 14.5. The van der Waals surface area contributed by atoms with Crippen LogP contribution < -0.4 is 9.47 Å². The van der Waals surface area contributed by atoms with Crippen molar-refractivity contribution >= 4 is 17.6 Å². The van der Waals surface area contributed by atoms with Crippen LogP contribution in [0.1, 0.15) is 43.4 Å². The molecule has 0 saturated carbocycles. The van der Waals surface area contributed by atoms with E-state index in [1.807, 2.05) is 12.1 Å². The molecule has 2 aliphatic heterocycles. The predicted octanol–water partition coefficient (Wildman–Crippen LogP) is 5.07. The first-order chi connectivity index (χ1) is 13.4. The molecule has 148 valence electrons. The Bertz CT molecular complexity index is 910. The maximum Gasteiger partial charge on any atom is 0.303 e. The van der Waals surface area contributed by atoms with Gasteiger partial charge >= 0.3 is 5.97 Å². The number of halogens is 2. The van der Waals surface area contributed by atoms with Crippen LogP contribution in [0.15, 0.2) is 36.4 Å². The van der Waals surface area contributed by atoms with Gasteiger partial charge in [0.1, 0.15) is 5.82 Å². The largest absolute Gasteiger partial charge is 0.481 e. The van der Waals surface area contributed by atoms with Crippen LogP contribution in [0.25, 0.3) is 0 Å². The molecule has 5 nitrogen and oxygen atoms in total. The summed E-state index contributed by atoms with van der Waals surface area (Å²) < 4.78 is 32.4. The van der Waals surface area contributed by atoms with Gasteiger partial charge in [0, 0.05) is 17.5 Å². The lowest BCUT2D eigenvalue weighted by Crippen LogP contribution is -2.32. The van der Waals surface area contributed by atoms with Crippen molar-refractivity contribution in [3.8, 4) is 11.5 Å². The van der Waals surface area contributed by atoms with Crippen LogP contribution in [0.4, 0.5) is 4.39 Å². The van der Waals surface area contributed by atoms with Crippen molar-refractivity contribution in [2.75, 3.05) is 6.61 Å². The predicted molar refractivity (Wildman–Crippen MR) is 100 cm³/mol. The number of aliphatic carboxylic acids is 1. The number of carbonyl (C=O) groups is 1. The average molecular weight is 407 g/mol. The smallest absolute Gasteiger partial charge is 0.303 e. The van der Waals surface area contributed by atoms with Gasteiger partial charge in [-0.05, 0) is 43.0 Å². The van der Waals surface area contributed by atoms with Crippen LogP contribution in [0.2, 0.25) is 5.02 Å². The molecule has 0 amide bonds. The number of benzene rings is 2. The second-order valence-electron chi connectivity index (χ2n) is 7.31. The minimum Gasteiger partial charge on any atom is -0.481 e. The number of carboxylic acids is 1. The number of rotatable bonds is 4. The highest BCUT2D eigenvalue weighted by atomic mass is 35.5. The van der Waals surface area contributed by atoms with Gasteiger partial charge in [-0.15, -0.1) is 0 Å². The van der Waals surface area contributed by atoms with Gasteiger partial charge in [0.2, 0.25) is 0 Å². The molecule has 2 aliphatic rings. The first-order valence-electron chi connectivity index (χ1n) is 9.15. The molecule has 4 rings (SSSR count). The fourth-order valence-corrected chi connectivity index (χ4v) is 3.99. The van der Waals surface area contributed by atoms with Gasteiger partial charge in [-0.1, -0.05) is 23.7 Å². The molecule has 1 fully saturated rings. The summed E-state index contributed by atoms with van der Waals surface area (Å²) in [6, 6.07) is 9.88. The summed E-state index contributed by atoms with van der Waals surface area (Å²) in [7, 11) is 0. The zero-order valence-electron chi connectivity index (χ0n) is 15.3. The summed E-state index contributed by atoms with van der Waals surface area (Å²) in [5, 5.41) is 9.25. The number of fused-ring (bicyclic) bond motifs is 1. The van der Waals surface area contributed by atoms with Crippen molar-refractivity contribution in [2.24, 2.45) is 5.92 Å². The van der Waals surface area contributed by atoms with E-state index in [1.165, 1.54) is 6.07 Å². The van der Waals surface area contributed by atoms with E-state index >= 15 is 0 Å². The second-order valence-corrected chi connectivity index (χ2v) is 7.75. The molecular weight excluding hydrogens is 387 g/mol. The van der Waals surface area contributed by atoms with E-state index < -0.39 is 17.6 Å². The molecule has 1 N–H and O–H groups in total. The average Bonchev–Trinajstić information content (AvgIpc) is 2.98. The summed E-state index contributed by atoms with van der Waals surface area (Å²) in [4.78, 5) is 10.9. The van der Waals surface area contributed by atoms with Gasteiger partial charge in [-0.2, -0.15) is 0 Å². The Morgan fingerprint density at radius 1 is 1.29 bits per heavy atom. The minimum absolute atomic E-state index is 0.0103. The van der Waals surface area contributed by atoms with Crippen LogP contribution in [0, 0.1) is 11.7 Å². The summed E-state index contributed by atoms with van der Waals surface area (Å²) in [5.41, 5.74) is 1.08. The monoisotopic (exact) mass is 406 g/mol. The molecule has 3 atom stereocenters. The van der Waals surface area contributed by atoms with Crippen molar-refractivity contribution in [3.63, 3.8) is 0 Å². The zero-order chi connectivity index (χ0) is 19.9. The molecule has 2 aromatic rings. The highest BCUT2D eigenvalue weighted by molar-refractivity contribution is 6.30. The van der Waals surface area contributed by atoms with Crippen LogP contribution in [0.3, 0.4) is 0 Å². The Morgan fingerprint density at radius 3 is 2.79 bits per heavy atom. The Hall–Kier alpha value is -2.31. The van der Waals surface area contributed by atoms with Crippen molar-refractivity contribution in [1.29, 1.82) is 0 Å². The Kier molecular flexibility index (Phi) is 4.93. The van der Waals surface area contributed by atoms with Crippen LogP contribution in [-0.2, 0) is 15.3 Å². The highest BCUT2D eigenvalue weighted by Gasteiger charge is 2.43. The molecule has 0 aliphatic carbocycles. The first-order valence-corrected chi connectivity index (χ1v) is 9.53. The fraction of sp³-hybridized carbons (Fsp3) is 0.381. The molecule has 3 unspecified atom stereocenters. The Labute approximate surface area is 167 Å². The van der Waals surface area contributed by atoms with Gasteiger partial charge in [-0.25, -0.2) is 4.39 Å². The molecule has 2 aromatic carbocycles. The van der Waals surface area contributed by atoms with E-state index in [-0.39, 0.29) is 24.0 Å². The molecule has 28 heavy (non-hydrogen) atoms. The molecular formula is C21H20ClFO5.